The molecule has 3 heteroatoms. The molecule has 0 saturated heterocycles. The van der Waals surface area contributed by atoms with Crippen molar-refractivity contribution >= 4 is 10.8 Å². The second-order valence-electron chi connectivity index (χ2n) is 4.46. The van der Waals surface area contributed by atoms with Crippen molar-refractivity contribution in [1.29, 1.82) is 0 Å². The number of nitrogens with zero attached hydrogens (tertiary/aromatic N) is 1. The summed E-state index contributed by atoms with van der Waals surface area (Å²) in [7, 11) is 1.76. The molecule has 0 unspecified atom stereocenters. The van der Waals surface area contributed by atoms with Gasteiger partial charge in [-0.3, -0.25) is 4.79 Å². The molecule has 3 rings (SSSR count). The van der Waals surface area contributed by atoms with Crippen molar-refractivity contribution in [2.45, 2.75) is 6.92 Å². The summed E-state index contributed by atoms with van der Waals surface area (Å²) in [4.78, 5) is 12.3. The number of benzene rings is 1. The Morgan fingerprint density at radius 1 is 1.17 bits per heavy atom. The predicted octanol–water partition coefficient (Wildman–Crippen LogP) is 3.11. The molecule has 0 aliphatic heterocycles. The molecule has 0 fully saturated rings. The van der Waals surface area contributed by atoms with Crippen molar-refractivity contribution in [3.8, 4) is 11.5 Å². The van der Waals surface area contributed by atoms with Crippen LogP contribution in [0.1, 0.15) is 5.56 Å². The van der Waals surface area contributed by atoms with E-state index in [0.29, 0.717) is 5.76 Å². The average molecular weight is 239 g/mol. The summed E-state index contributed by atoms with van der Waals surface area (Å²) >= 11 is 0. The van der Waals surface area contributed by atoms with Gasteiger partial charge in [0.2, 0.25) is 0 Å². The highest BCUT2D eigenvalue weighted by Crippen LogP contribution is 2.22. The molecule has 0 radical (unpaired) electrons. The zero-order valence-corrected chi connectivity index (χ0v) is 10.3. The Kier molecular flexibility index (Phi) is 2.33. The summed E-state index contributed by atoms with van der Waals surface area (Å²) in [6.45, 7) is 2.02. The van der Waals surface area contributed by atoms with E-state index in [9.17, 15) is 4.79 Å². The van der Waals surface area contributed by atoms with Gasteiger partial charge in [-0.15, -0.1) is 0 Å². The van der Waals surface area contributed by atoms with Gasteiger partial charge in [-0.1, -0.05) is 17.7 Å². The molecule has 0 atom stereocenters. The lowest BCUT2D eigenvalue weighted by Crippen LogP contribution is -2.18. The lowest BCUT2D eigenvalue weighted by Gasteiger charge is -2.08. The Bertz CT molecular complexity index is 767. The van der Waals surface area contributed by atoms with E-state index in [0.717, 1.165) is 22.0 Å². The number of aromatic nitrogens is 1. The minimum Gasteiger partial charge on any atom is -0.463 e. The first-order chi connectivity index (χ1) is 8.66. The van der Waals surface area contributed by atoms with Gasteiger partial charge in [0.25, 0.3) is 5.56 Å². The number of furan rings is 1. The standard InChI is InChI=1S/C15H13NO2/c1-10-5-6-12-11(8-10)9-13(16(2)15(12)17)14-4-3-7-18-14/h3-9H,1-2H3. The fourth-order valence-electron chi connectivity index (χ4n) is 2.19. The molecule has 2 aromatic heterocycles. The second kappa shape index (κ2) is 3.88. The fraction of sp³-hybridized carbons (Fsp3) is 0.133. The van der Waals surface area contributed by atoms with Crippen LogP contribution in [0.5, 0.6) is 0 Å². The first kappa shape index (κ1) is 10.8. The van der Waals surface area contributed by atoms with E-state index in [2.05, 4.69) is 0 Å². The molecule has 3 nitrogen and oxygen atoms in total. The first-order valence-electron chi connectivity index (χ1n) is 5.81. The number of fused-ring (bicyclic) bond motifs is 1. The Morgan fingerprint density at radius 3 is 2.72 bits per heavy atom. The van der Waals surface area contributed by atoms with Crippen LogP contribution < -0.4 is 5.56 Å². The summed E-state index contributed by atoms with van der Waals surface area (Å²) in [5, 5.41) is 1.68. The maximum atomic E-state index is 12.3. The smallest absolute Gasteiger partial charge is 0.258 e. The summed E-state index contributed by atoms with van der Waals surface area (Å²) in [6, 6.07) is 11.5. The van der Waals surface area contributed by atoms with Crippen LogP contribution in [0.4, 0.5) is 0 Å². The van der Waals surface area contributed by atoms with E-state index >= 15 is 0 Å². The van der Waals surface area contributed by atoms with Crippen molar-refractivity contribution < 1.29 is 4.42 Å². The van der Waals surface area contributed by atoms with E-state index in [-0.39, 0.29) is 5.56 Å². The molecule has 0 spiro atoms. The van der Waals surface area contributed by atoms with Crippen molar-refractivity contribution in [2.75, 3.05) is 0 Å². The highest BCUT2D eigenvalue weighted by atomic mass is 16.3. The summed E-state index contributed by atoms with van der Waals surface area (Å²) in [5.74, 6) is 0.706. The van der Waals surface area contributed by atoms with Crippen LogP contribution in [0.25, 0.3) is 22.2 Å². The zero-order valence-electron chi connectivity index (χ0n) is 10.3. The van der Waals surface area contributed by atoms with Crippen molar-refractivity contribution in [3.05, 3.63) is 58.6 Å². The minimum atomic E-state index is -0.00102. The van der Waals surface area contributed by atoms with Crippen LogP contribution in [-0.2, 0) is 7.05 Å². The topological polar surface area (TPSA) is 35.1 Å². The maximum Gasteiger partial charge on any atom is 0.258 e. The largest absolute Gasteiger partial charge is 0.463 e. The Morgan fingerprint density at radius 2 is 2.00 bits per heavy atom. The molecule has 90 valence electrons. The zero-order chi connectivity index (χ0) is 12.7. The first-order valence-corrected chi connectivity index (χ1v) is 5.81. The van der Waals surface area contributed by atoms with Crippen LogP contribution >= 0.6 is 0 Å². The molecular weight excluding hydrogens is 226 g/mol. The number of pyridine rings is 1. The minimum absolute atomic E-state index is 0.00102. The SMILES string of the molecule is Cc1ccc2c(=O)n(C)c(-c3ccco3)cc2c1. The maximum absolute atomic E-state index is 12.3. The van der Waals surface area contributed by atoms with E-state index in [1.54, 1.807) is 17.9 Å². The van der Waals surface area contributed by atoms with Gasteiger partial charge in [-0.05, 0) is 36.6 Å². The van der Waals surface area contributed by atoms with Crippen LogP contribution in [0.2, 0.25) is 0 Å². The van der Waals surface area contributed by atoms with E-state index in [1.165, 1.54) is 0 Å². The van der Waals surface area contributed by atoms with Gasteiger partial charge in [0.1, 0.15) is 5.76 Å². The highest BCUT2D eigenvalue weighted by molar-refractivity contribution is 5.85. The summed E-state index contributed by atoms with van der Waals surface area (Å²) < 4.78 is 7.00. The molecule has 2 heterocycles. The van der Waals surface area contributed by atoms with Crippen LogP contribution in [0.3, 0.4) is 0 Å². The van der Waals surface area contributed by atoms with Crippen LogP contribution in [0, 0.1) is 6.92 Å². The number of hydrogen-bond acceptors (Lipinski definition) is 2. The van der Waals surface area contributed by atoms with Crippen molar-refractivity contribution in [1.82, 2.24) is 4.57 Å². The van der Waals surface area contributed by atoms with Crippen molar-refractivity contribution in [2.24, 2.45) is 7.05 Å². The number of aryl methyl sites for hydroxylation is 1. The second-order valence-corrected chi connectivity index (χ2v) is 4.46. The van der Waals surface area contributed by atoms with Gasteiger partial charge < -0.3 is 8.98 Å². The lowest BCUT2D eigenvalue weighted by molar-refractivity contribution is 0.575. The van der Waals surface area contributed by atoms with Gasteiger partial charge in [0.15, 0.2) is 0 Å². The van der Waals surface area contributed by atoms with E-state index in [1.807, 2.05) is 43.3 Å². The normalized spacial score (nSPS) is 11.0. The van der Waals surface area contributed by atoms with Gasteiger partial charge in [-0.2, -0.15) is 0 Å². The van der Waals surface area contributed by atoms with Crippen molar-refractivity contribution in [3.63, 3.8) is 0 Å². The molecule has 18 heavy (non-hydrogen) atoms. The summed E-state index contributed by atoms with van der Waals surface area (Å²) in [6.07, 6.45) is 1.61. The van der Waals surface area contributed by atoms with Crippen LogP contribution in [0.15, 0.2) is 51.9 Å². The quantitative estimate of drug-likeness (QED) is 0.654. The highest BCUT2D eigenvalue weighted by Gasteiger charge is 2.09. The van der Waals surface area contributed by atoms with E-state index < -0.39 is 0 Å². The lowest BCUT2D eigenvalue weighted by atomic mass is 10.1. The third-order valence-corrected chi connectivity index (χ3v) is 3.17. The molecule has 0 aliphatic carbocycles. The molecule has 3 aromatic rings. The monoisotopic (exact) mass is 239 g/mol. The fourth-order valence-corrected chi connectivity index (χ4v) is 2.19. The molecule has 0 bridgehead atoms. The molecule has 1 aromatic carbocycles. The molecule has 0 saturated carbocycles. The average Bonchev–Trinajstić information content (AvgIpc) is 2.87. The Hall–Kier alpha value is -2.29. The Labute approximate surface area is 104 Å². The molecule has 0 amide bonds. The van der Waals surface area contributed by atoms with E-state index in [4.69, 9.17) is 4.42 Å². The summed E-state index contributed by atoms with van der Waals surface area (Å²) in [5.41, 5.74) is 1.93. The Balaban J connectivity index is 2.41. The van der Waals surface area contributed by atoms with Gasteiger partial charge in [0, 0.05) is 12.4 Å². The third kappa shape index (κ3) is 1.56. The van der Waals surface area contributed by atoms with Gasteiger partial charge >= 0.3 is 0 Å². The number of hydrogen-bond donors (Lipinski definition) is 0. The van der Waals surface area contributed by atoms with Gasteiger partial charge in [0.05, 0.1) is 12.0 Å². The molecular formula is C15H13NO2. The van der Waals surface area contributed by atoms with Gasteiger partial charge in [-0.25, -0.2) is 0 Å². The molecule has 0 aliphatic rings. The molecule has 0 N–H and O–H groups in total. The van der Waals surface area contributed by atoms with Crippen LogP contribution in [-0.4, -0.2) is 4.57 Å². The number of rotatable bonds is 1. The third-order valence-electron chi connectivity index (χ3n) is 3.17. The predicted molar refractivity (Wildman–Crippen MR) is 71.6 cm³/mol.